The lowest BCUT2D eigenvalue weighted by atomic mass is 10.3. The number of halogens is 1. The molecule has 0 spiro atoms. The second kappa shape index (κ2) is 5.07. The van der Waals surface area contributed by atoms with Gasteiger partial charge in [-0.15, -0.1) is 0 Å². The summed E-state index contributed by atoms with van der Waals surface area (Å²) in [5.74, 6) is -0.104. The Kier molecular flexibility index (Phi) is 4.03. The smallest absolute Gasteiger partial charge is 0.272 e. The number of aromatic nitrogens is 2. The highest BCUT2D eigenvalue weighted by Gasteiger charge is 2.15. The number of aryl methyl sites for hydroxylation is 1. The minimum absolute atomic E-state index is 0.104. The minimum Gasteiger partial charge on any atom is -0.338 e. The maximum Gasteiger partial charge on any atom is 0.272 e. The van der Waals surface area contributed by atoms with Crippen LogP contribution in [0.5, 0.6) is 0 Å². The molecule has 82 valence electrons. The van der Waals surface area contributed by atoms with Crippen LogP contribution >= 0.6 is 11.6 Å². The molecule has 0 bridgehead atoms. The molecular weight excluding hydrogens is 214 g/mol. The standard InChI is InChI=1S/C10H14ClN3O/c1-4-14(5-2)9(15)8-6-7(3)12-10(11)13-8/h6H,4-5H2,1-3H3. The van der Waals surface area contributed by atoms with Crippen molar-refractivity contribution in [2.24, 2.45) is 0 Å². The van der Waals surface area contributed by atoms with Crippen LogP contribution in [0.2, 0.25) is 5.28 Å². The Morgan fingerprint density at radius 2 is 2.00 bits per heavy atom. The van der Waals surface area contributed by atoms with E-state index in [1.807, 2.05) is 13.8 Å². The van der Waals surface area contributed by atoms with E-state index in [1.165, 1.54) is 0 Å². The quantitative estimate of drug-likeness (QED) is 0.742. The van der Waals surface area contributed by atoms with Gasteiger partial charge in [0, 0.05) is 18.8 Å². The van der Waals surface area contributed by atoms with Crippen molar-refractivity contribution in [3.05, 3.63) is 22.7 Å². The second-order valence-electron chi connectivity index (χ2n) is 3.14. The first-order chi connectivity index (χ1) is 7.08. The lowest BCUT2D eigenvalue weighted by molar-refractivity contribution is 0.0767. The van der Waals surface area contributed by atoms with Gasteiger partial charge < -0.3 is 4.90 Å². The predicted molar refractivity (Wildman–Crippen MR) is 59.0 cm³/mol. The first-order valence-electron chi connectivity index (χ1n) is 4.89. The third kappa shape index (κ3) is 2.89. The highest BCUT2D eigenvalue weighted by molar-refractivity contribution is 6.28. The Balaban J connectivity index is 3.00. The van der Waals surface area contributed by atoms with E-state index in [1.54, 1.807) is 17.9 Å². The van der Waals surface area contributed by atoms with Crippen LogP contribution in [-0.4, -0.2) is 33.9 Å². The van der Waals surface area contributed by atoms with Gasteiger partial charge in [0.2, 0.25) is 5.28 Å². The van der Waals surface area contributed by atoms with Crippen molar-refractivity contribution < 1.29 is 4.79 Å². The number of hydrogen-bond donors (Lipinski definition) is 0. The zero-order chi connectivity index (χ0) is 11.4. The number of carbonyl (C=O) groups is 1. The van der Waals surface area contributed by atoms with Gasteiger partial charge >= 0.3 is 0 Å². The zero-order valence-electron chi connectivity index (χ0n) is 9.12. The predicted octanol–water partition coefficient (Wildman–Crippen LogP) is 1.92. The molecular formula is C10H14ClN3O. The fourth-order valence-corrected chi connectivity index (χ4v) is 1.54. The topological polar surface area (TPSA) is 46.1 Å². The van der Waals surface area contributed by atoms with Crippen LogP contribution in [-0.2, 0) is 0 Å². The average molecular weight is 228 g/mol. The van der Waals surface area contributed by atoms with E-state index < -0.39 is 0 Å². The molecule has 1 amide bonds. The van der Waals surface area contributed by atoms with E-state index in [2.05, 4.69) is 9.97 Å². The highest BCUT2D eigenvalue weighted by atomic mass is 35.5. The number of amides is 1. The molecule has 0 unspecified atom stereocenters. The Morgan fingerprint density at radius 1 is 1.40 bits per heavy atom. The molecule has 15 heavy (non-hydrogen) atoms. The summed E-state index contributed by atoms with van der Waals surface area (Å²) in [7, 11) is 0. The molecule has 0 aliphatic rings. The number of rotatable bonds is 3. The average Bonchev–Trinajstić information content (AvgIpc) is 2.18. The summed E-state index contributed by atoms with van der Waals surface area (Å²) in [6.45, 7) is 6.96. The van der Waals surface area contributed by atoms with Crippen molar-refractivity contribution in [2.45, 2.75) is 20.8 Å². The number of carbonyl (C=O) groups excluding carboxylic acids is 1. The van der Waals surface area contributed by atoms with E-state index in [0.29, 0.717) is 24.5 Å². The summed E-state index contributed by atoms with van der Waals surface area (Å²) >= 11 is 5.69. The van der Waals surface area contributed by atoms with Gasteiger partial charge in [-0.1, -0.05) is 0 Å². The van der Waals surface area contributed by atoms with E-state index in [0.717, 1.165) is 0 Å². The van der Waals surface area contributed by atoms with E-state index in [4.69, 9.17) is 11.6 Å². The molecule has 0 aliphatic heterocycles. The molecule has 0 atom stereocenters. The Labute approximate surface area is 94.3 Å². The van der Waals surface area contributed by atoms with Crippen molar-refractivity contribution >= 4 is 17.5 Å². The third-order valence-electron chi connectivity index (χ3n) is 2.10. The molecule has 0 aliphatic carbocycles. The summed E-state index contributed by atoms with van der Waals surface area (Å²) in [5, 5.41) is 0.116. The summed E-state index contributed by atoms with van der Waals surface area (Å²) in [6, 6.07) is 1.65. The molecule has 4 nitrogen and oxygen atoms in total. The molecule has 1 aromatic heterocycles. The monoisotopic (exact) mass is 227 g/mol. The van der Waals surface area contributed by atoms with Gasteiger partial charge in [-0.05, 0) is 38.4 Å². The van der Waals surface area contributed by atoms with E-state index in [-0.39, 0.29) is 11.2 Å². The van der Waals surface area contributed by atoms with Gasteiger partial charge in [0.15, 0.2) is 0 Å². The molecule has 0 fully saturated rings. The van der Waals surface area contributed by atoms with Crippen molar-refractivity contribution in [1.29, 1.82) is 0 Å². The van der Waals surface area contributed by atoms with E-state index in [9.17, 15) is 4.79 Å². The molecule has 0 saturated heterocycles. The molecule has 0 aromatic carbocycles. The van der Waals surface area contributed by atoms with Crippen LogP contribution in [0.1, 0.15) is 30.0 Å². The van der Waals surface area contributed by atoms with Crippen LogP contribution < -0.4 is 0 Å². The van der Waals surface area contributed by atoms with Gasteiger partial charge in [0.25, 0.3) is 5.91 Å². The highest BCUT2D eigenvalue weighted by Crippen LogP contribution is 2.07. The molecule has 0 saturated carbocycles. The van der Waals surface area contributed by atoms with Crippen molar-refractivity contribution in [2.75, 3.05) is 13.1 Å². The van der Waals surface area contributed by atoms with Gasteiger partial charge in [-0.2, -0.15) is 0 Å². The molecule has 5 heteroatoms. The van der Waals surface area contributed by atoms with Crippen LogP contribution in [0.4, 0.5) is 0 Å². The van der Waals surface area contributed by atoms with Crippen LogP contribution in [0, 0.1) is 6.92 Å². The van der Waals surface area contributed by atoms with Gasteiger partial charge in [-0.3, -0.25) is 4.79 Å². The SMILES string of the molecule is CCN(CC)C(=O)c1cc(C)nc(Cl)n1. The molecule has 1 rings (SSSR count). The van der Waals surface area contributed by atoms with Gasteiger partial charge in [-0.25, -0.2) is 9.97 Å². The zero-order valence-corrected chi connectivity index (χ0v) is 9.88. The van der Waals surface area contributed by atoms with Crippen molar-refractivity contribution in [3.63, 3.8) is 0 Å². The number of hydrogen-bond acceptors (Lipinski definition) is 3. The lowest BCUT2D eigenvalue weighted by Gasteiger charge is -2.17. The molecule has 1 heterocycles. The third-order valence-corrected chi connectivity index (χ3v) is 2.27. The first-order valence-corrected chi connectivity index (χ1v) is 5.26. The van der Waals surface area contributed by atoms with Crippen LogP contribution in [0.25, 0.3) is 0 Å². The van der Waals surface area contributed by atoms with Gasteiger partial charge in [0.05, 0.1) is 0 Å². The van der Waals surface area contributed by atoms with Crippen molar-refractivity contribution in [1.82, 2.24) is 14.9 Å². The fraction of sp³-hybridized carbons (Fsp3) is 0.500. The molecule has 0 N–H and O–H groups in total. The number of nitrogens with zero attached hydrogens (tertiary/aromatic N) is 3. The minimum atomic E-state index is -0.104. The Hall–Kier alpha value is -1.16. The summed E-state index contributed by atoms with van der Waals surface area (Å²) in [6.07, 6.45) is 0. The summed E-state index contributed by atoms with van der Waals surface area (Å²) in [4.78, 5) is 21.4. The summed E-state index contributed by atoms with van der Waals surface area (Å²) < 4.78 is 0. The van der Waals surface area contributed by atoms with E-state index >= 15 is 0 Å². The Morgan fingerprint density at radius 3 is 2.47 bits per heavy atom. The Bertz CT molecular complexity index is 343. The second-order valence-corrected chi connectivity index (χ2v) is 3.48. The normalized spacial score (nSPS) is 10.1. The van der Waals surface area contributed by atoms with Gasteiger partial charge in [0.1, 0.15) is 5.69 Å². The fourth-order valence-electron chi connectivity index (χ4n) is 1.31. The first kappa shape index (κ1) is 11.9. The largest absolute Gasteiger partial charge is 0.338 e. The molecule has 0 radical (unpaired) electrons. The van der Waals surface area contributed by atoms with Crippen molar-refractivity contribution in [3.8, 4) is 0 Å². The lowest BCUT2D eigenvalue weighted by Crippen LogP contribution is -2.31. The summed E-state index contributed by atoms with van der Waals surface area (Å²) in [5.41, 5.74) is 1.06. The maximum atomic E-state index is 11.9. The molecule has 1 aromatic rings. The van der Waals surface area contributed by atoms with Crippen LogP contribution in [0.15, 0.2) is 6.07 Å². The maximum absolute atomic E-state index is 11.9. The van der Waals surface area contributed by atoms with Crippen LogP contribution in [0.3, 0.4) is 0 Å².